The standard InChI is InChI=1S/C16H10FN3S/c17-13-3-1-11(2-4-13)14-9-20-15(10-21-16(20)19-14)12-5-7-18-8-6-12/h1-10H. The molecule has 4 aromatic rings. The zero-order valence-corrected chi connectivity index (χ0v) is 11.7. The second kappa shape index (κ2) is 4.79. The molecule has 5 heteroatoms. The van der Waals surface area contributed by atoms with Crippen LogP contribution in [0.1, 0.15) is 0 Å². The third kappa shape index (κ3) is 2.11. The summed E-state index contributed by atoms with van der Waals surface area (Å²) >= 11 is 1.58. The highest BCUT2D eigenvalue weighted by atomic mass is 32.1. The van der Waals surface area contributed by atoms with E-state index in [1.54, 1.807) is 35.9 Å². The minimum Gasteiger partial charge on any atom is -0.290 e. The van der Waals surface area contributed by atoms with E-state index in [4.69, 9.17) is 0 Å². The van der Waals surface area contributed by atoms with E-state index in [0.29, 0.717) is 0 Å². The van der Waals surface area contributed by atoms with Crippen molar-refractivity contribution < 1.29 is 4.39 Å². The molecule has 0 amide bonds. The van der Waals surface area contributed by atoms with Gasteiger partial charge in [-0.3, -0.25) is 9.38 Å². The zero-order chi connectivity index (χ0) is 14.2. The normalized spacial score (nSPS) is 11.1. The van der Waals surface area contributed by atoms with Crippen molar-refractivity contribution in [2.75, 3.05) is 0 Å². The summed E-state index contributed by atoms with van der Waals surface area (Å²) < 4.78 is 15.1. The number of hydrogen-bond donors (Lipinski definition) is 0. The maximum Gasteiger partial charge on any atom is 0.194 e. The van der Waals surface area contributed by atoms with Gasteiger partial charge in [0, 0.05) is 35.1 Å². The van der Waals surface area contributed by atoms with Gasteiger partial charge in [0.25, 0.3) is 0 Å². The molecule has 0 radical (unpaired) electrons. The second-order valence-electron chi connectivity index (χ2n) is 4.64. The third-order valence-electron chi connectivity index (χ3n) is 3.33. The van der Waals surface area contributed by atoms with Gasteiger partial charge in [0.15, 0.2) is 4.96 Å². The molecule has 3 nitrogen and oxygen atoms in total. The van der Waals surface area contributed by atoms with Gasteiger partial charge in [0.1, 0.15) is 5.82 Å². The maximum atomic E-state index is 13.0. The fraction of sp³-hybridized carbons (Fsp3) is 0. The summed E-state index contributed by atoms with van der Waals surface area (Å²) in [7, 11) is 0. The van der Waals surface area contributed by atoms with Gasteiger partial charge in [-0.1, -0.05) is 0 Å². The Morgan fingerprint density at radius 2 is 1.71 bits per heavy atom. The molecule has 0 atom stereocenters. The summed E-state index contributed by atoms with van der Waals surface area (Å²) in [5.41, 5.74) is 3.93. The fourth-order valence-electron chi connectivity index (χ4n) is 2.27. The van der Waals surface area contributed by atoms with Gasteiger partial charge in [0.2, 0.25) is 0 Å². The van der Waals surface area contributed by atoms with Crippen LogP contribution in [0.15, 0.2) is 60.4 Å². The molecule has 1 aromatic carbocycles. The van der Waals surface area contributed by atoms with Gasteiger partial charge in [-0.25, -0.2) is 9.37 Å². The Labute approximate surface area is 124 Å². The number of hydrogen-bond acceptors (Lipinski definition) is 3. The predicted octanol–water partition coefficient (Wildman–Crippen LogP) is 4.26. The predicted molar refractivity (Wildman–Crippen MR) is 81.7 cm³/mol. The Morgan fingerprint density at radius 1 is 0.952 bits per heavy atom. The zero-order valence-electron chi connectivity index (χ0n) is 10.9. The van der Waals surface area contributed by atoms with Crippen LogP contribution in [0.3, 0.4) is 0 Å². The van der Waals surface area contributed by atoms with E-state index >= 15 is 0 Å². The summed E-state index contributed by atoms with van der Waals surface area (Å²) in [4.78, 5) is 9.56. The lowest BCUT2D eigenvalue weighted by Gasteiger charge is -1.98. The molecule has 0 fully saturated rings. The lowest BCUT2D eigenvalue weighted by Crippen LogP contribution is -1.83. The number of imidazole rings is 1. The smallest absolute Gasteiger partial charge is 0.194 e. The average molecular weight is 295 g/mol. The van der Waals surface area contributed by atoms with E-state index < -0.39 is 0 Å². The number of rotatable bonds is 2. The molecule has 21 heavy (non-hydrogen) atoms. The molecule has 0 N–H and O–H groups in total. The van der Waals surface area contributed by atoms with Crippen molar-refractivity contribution in [1.82, 2.24) is 14.4 Å². The first-order chi connectivity index (χ1) is 10.3. The molecule has 102 valence electrons. The van der Waals surface area contributed by atoms with Crippen molar-refractivity contribution in [1.29, 1.82) is 0 Å². The lowest BCUT2D eigenvalue weighted by atomic mass is 10.2. The lowest BCUT2D eigenvalue weighted by molar-refractivity contribution is 0.628. The summed E-state index contributed by atoms with van der Waals surface area (Å²) in [6.07, 6.45) is 5.53. The molecule has 0 saturated heterocycles. The summed E-state index contributed by atoms with van der Waals surface area (Å²) in [5, 5.41) is 2.08. The first kappa shape index (κ1) is 12.2. The highest BCUT2D eigenvalue weighted by Gasteiger charge is 2.10. The van der Waals surface area contributed by atoms with Crippen LogP contribution in [0.4, 0.5) is 4.39 Å². The number of halogens is 1. The van der Waals surface area contributed by atoms with E-state index in [9.17, 15) is 4.39 Å². The molecular weight excluding hydrogens is 285 g/mol. The van der Waals surface area contributed by atoms with Gasteiger partial charge < -0.3 is 0 Å². The van der Waals surface area contributed by atoms with E-state index in [0.717, 1.165) is 27.5 Å². The first-order valence-corrected chi connectivity index (χ1v) is 7.32. The monoisotopic (exact) mass is 295 g/mol. The molecule has 0 aliphatic rings. The van der Waals surface area contributed by atoms with Crippen LogP contribution in [0.2, 0.25) is 0 Å². The maximum absolute atomic E-state index is 13.0. The Balaban J connectivity index is 1.84. The Morgan fingerprint density at radius 3 is 2.48 bits per heavy atom. The third-order valence-corrected chi connectivity index (χ3v) is 4.17. The number of thiazole rings is 1. The van der Waals surface area contributed by atoms with E-state index in [1.165, 1.54) is 12.1 Å². The number of nitrogens with zero attached hydrogens (tertiary/aromatic N) is 3. The summed E-state index contributed by atoms with van der Waals surface area (Å²) in [5.74, 6) is -0.239. The van der Waals surface area contributed by atoms with Crippen molar-refractivity contribution >= 4 is 16.3 Å². The highest BCUT2D eigenvalue weighted by molar-refractivity contribution is 7.15. The van der Waals surface area contributed by atoms with Crippen LogP contribution in [-0.4, -0.2) is 14.4 Å². The van der Waals surface area contributed by atoms with Crippen molar-refractivity contribution in [2.24, 2.45) is 0 Å². The second-order valence-corrected chi connectivity index (χ2v) is 5.48. The molecule has 0 saturated carbocycles. The molecule has 3 aromatic heterocycles. The first-order valence-electron chi connectivity index (χ1n) is 6.44. The van der Waals surface area contributed by atoms with Crippen LogP contribution in [0, 0.1) is 5.82 Å². The molecule has 0 aliphatic carbocycles. The van der Waals surface area contributed by atoms with Gasteiger partial charge in [0.05, 0.1) is 11.4 Å². The molecule has 4 rings (SSSR count). The van der Waals surface area contributed by atoms with E-state index in [2.05, 4.69) is 19.7 Å². The minimum absolute atomic E-state index is 0.239. The van der Waals surface area contributed by atoms with Gasteiger partial charge >= 0.3 is 0 Å². The summed E-state index contributed by atoms with van der Waals surface area (Å²) in [6.45, 7) is 0. The van der Waals surface area contributed by atoms with Gasteiger partial charge in [-0.2, -0.15) is 0 Å². The van der Waals surface area contributed by atoms with E-state index in [-0.39, 0.29) is 5.82 Å². The van der Waals surface area contributed by atoms with Crippen molar-refractivity contribution in [3.63, 3.8) is 0 Å². The molecule has 0 spiro atoms. The SMILES string of the molecule is Fc1ccc(-c2cn3c(-c4ccncc4)csc3n2)cc1. The summed E-state index contributed by atoms with van der Waals surface area (Å²) in [6, 6.07) is 10.3. The largest absolute Gasteiger partial charge is 0.290 e. The molecule has 3 heterocycles. The van der Waals surface area contributed by atoms with Crippen LogP contribution in [-0.2, 0) is 0 Å². The topological polar surface area (TPSA) is 30.2 Å². The van der Waals surface area contributed by atoms with Crippen LogP contribution < -0.4 is 0 Å². The molecule has 0 aliphatic heterocycles. The Kier molecular flexibility index (Phi) is 2.79. The average Bonchev–Trinajstić information content (AvgIpc) is 3.09. The highest BCUT2D eigenvalue weighted by Crippen LogP contribution is 2.28. The Hall–Kier alpha value is -2.53. The van der Waals surface area contributed by atoms with Gasteiger partial charge in [-0.15, -0.1) is 11.3 Å². The molecular formula is C16H10FN3S. The van der Waals surface area contributed by atoms with Crippen LogP contribution in [0.5, 0.6) is 0 Å². The van der Waals surface area contributed by atoms with Crippen LogP contribution in [0.25, 0.3) is 27.5 Å². The molecule has 0 unspecified atom stereocenters. The van der Waals surface area contributed by atoms with E-state index in [1.807, 2.05) is 18.3 Å². The quantitative estimate of drug-likeness (QED) is 0.553. The number of benzene rings is 1. The van der Waals surface area contributed by atoms with Crippen molar-refractivity contribution in [2.45, 2.75) is 0 Å². The Bertz CT molecular complexity index is 894. The number of aromatic nitrogens is 3. The van der Waals surface area contributed by atoms with Crippen LogP contribution >= 0.6 is 11.3 Å². The molecule has 0 bridgehead atoms. The van der Waals surface area contributed by atoms with Crippen molar-refractivity contribution in [3.8, 4) is 22.5 Å². The fourth-order valence-corrected chi connectivity index (χ4v) is 3.16. The number of fused-ring (bicyclic) bond motifs is 1. The number of pyridine rings is 1. The van der Waals surface area contributed by atoms with Gasteiger partial charge in [-0.05, 0) is 36.4 Å². The van der Waals surface area contributed by atoms with Crippen molar-refractivity contribution in [3.05, 3.63) is 66.2 Å². The minimum atomic E-state index is -0.239.